The summed E-state index contributed by atoms with van der Waals surface area (Å²) < 4.78 is 18.7. The van der Waals surface area contributed by atoms with Crippen LogP contribution in [0.2, 0.25) is 0 Å². The maximum Gasteiger partial charge on any atom is 0.307 e. The maximum atomic E-state index is 11.6. The van der Waals surface area contributed by atoms with Gasteiger partial charge in [0.1, 0.15) is 11.5 Å². The summed E-state index contributed by atoms with van der Waals surface area (Å²) in [5.74, 6) is 1.95. The van der Waals surface area contributed by atoms with Gasteiger partial charge in [0, 0.05) is 12.0 Å². The summed E-state index contributed by atoms with van der Waals surface area (Å²) in [7, 11) is 0. The minimum Gasteiger partial charge on any atom is -0.492 e. The molecule has 0 fully saturated rings. The van der Waals surface area contributed by atoms with Crippen molar-refractivity contribution < 1.29 is 18.7 Å². The highest BCUT2D eigenvalue weighted by Gasteiger charge is 2.13. The summed E-state index contributed by atoms with van der Waals surface area (Å²) in [6.07, 6.45) is 2.69. The Labute approximate surface area is 180 Å². The number of fused-ring (bicyclic) bond motifs is 1. The van der Waals surface area contributed by atoms with Crippen molar-refractivity contribution in [1.82, 2.24) is 14.8 Å². The Morgan fingerprint density at radius 2 is 1.97 bits per heavy atom. The number of oxazole rings is 1. The van der Waals surface area contributed by atoms with Crippen LogP contribution < -0.4 is 4.74 Å². The predicted molar refractivity (Wildman–Crippen MR) is 117 cm³/mol. The zero-order valence-electron chi connectivity index (χ0n) is 17.7. The van der Waals surface area contributed by atoms with Crippen LogP contribution in [0.3, 0.4) is 0 Å². The quantitative estimate of drug-likeness (QED) is 0.370. The molecule has 0 bridgehead atoms. The fraction of sp³-hybridized carbons (Fsp3) is 0.292. The van der Waals surface area contributed by atoms with Crippen LogP contribution in [0.4, 0.5) is 0 Å². The van der Waals surface area contributed by atoms with Crippen LogP contribution in [0.1, 0.15) is 24.8 Å². The van der Waals surface area contributed by atoms with Gasteiger partial charge in [0.2, 0.25) is 5.89 Å². The zero-order chi connectivity index (χ0) is 21.6. The van der Waals surface area contributed by atoms with E-state index in [4.69, 9.17) is 13.9 Å². The first kappa shape index (κ1) is 20.7. The van der Waals surface area contributed by atoms with E-state index >= 15 is 0 Å². The average molecular weight is 419 g/mol. The van der Waals surface area contributed by atoms with Crippen LogP contribution in [0.5, 0.6) is 5.75 Å². The standard InChI is InChI=1S/C24H25N3O4/c1-3-29-23(28)12-14-27-21-10-7-11-22(19(21)16-25-27)30-15-13-20-17(2)31-24(26-20)18-8-5-4-6-9-18/h4-11,16H,3,12-15H2,1-2H3. The van der Waals surface area contributed by atoms with E-state index in [2.05, 4.69) is 10.1 Å². The van der Waals surface area contributed by atoms with Crippen molar-refractivity contribution in [2.45, 2.75) is 33.2 Å². The fourth-order valence-electron chi connectivity index (χ4n) is 3.43. The molecule has 0 aliphatic heterocycles. The molecule has 2 aromatic carbocycles. The number of aryl methyl sites for hydroxylation is 2. The molecule has 160 valence electrons. The van der Waals surface area contributed by atoms with Crippen molar-refractivity contribution >= 4 is 16.9 Å². The summed E-state index contributed by atoms with van der Waals surface area (Å²) in [5, 5.41) is 5.32. The molecule has 0 saturated heterocycles. The Balaban J connectivity index is 1.41. The minimum atomic E-state index is -0.226. The molecule has 7 heteroatoms. The van der Waals surface area contributed by atoms with Gasteiger partial charge in [-0.15, -0.1) is 0 Å². The summed E-state index contributed by atoms with van der Waals surface area (Å²) in [4.78, 5) is 16.3. The first-order valence-electron chi connectivity index (χ1n) is 10.4. The van der Waals surface area contributed by atoms with Crippen LogP contribution in [-0.2, 0) is 22.5 Å². The number of rotatable bonds is 9. The molecular formula is C24H25N3O4. The molecule has 2 aromatic heterocycles. The second-order valence-corrected chi connectivity index (χ2v) is 7.10. The molecule has 7 nitrogen and oxygen atoms in total. The van der Waals surface area contributed by atoms with Gasteiger partial charge in [-0.1, -0.05) is 24.3 Å². The van der Waals surface area contributed by atoms with Gasteiger partial charge in [-0.25, -0.2) is 4.98 Å². The van der Waals surface area contributed by atoms with Crippen molar-refractivity contribution in [1.29, 1.82) is 0 Å². The summed E-state index contributed by atoms with van der Waals surface area (Å²) >= 11 is 0. The first-order valence-corrected chi connectivity index (χ1v) is 10.4. The van der Waals surface area contributed by atoms with E-state index in [0.717, 1.165) is 33.7 Å². The topological polar surface area (TPSA) is 79.4 Å². The number of carbonyl (C=O) groups excluding carboxylic acids is 1. The smallest absolute Gasteiger partial charge is 0.307 e. The fourth-order valence-corrected chi connectivity index (χ4v) is 3.43. The lowest BCUT2D eigenvalue weighted by molar-refractivity contribution is -0.143. The van der Waals surface area contributed by atoms with E-state index < -0.39 is 0 Å². The molecule has 4 rings (SSSR count). The number of benzene rings is 2. The van der Waals surface area contributed by atoms with Crippen molar-refractivity contribution in [3.8, 4) is 17.2 Å². The SMILES string of the molecule is CCOC(=O)CCn1ncc2c(OCCc3nc(-c4ccccc4)oc3C)cccc21. The maximum absolute atomic E-state index is 11.6. The molecule has 0 N–H and O–H groups in total. The third kappa shape index (κ3) is 4.77. The van der Waals surface area contributed by atoms with Gasteiger partial charge in [-0.05, 0) is 38.1 Å². The highest BCUT2D eigenvalue weighted by atomic mass is 16.5. The first-order chi connectivity index (χ1) is 15.2. The third-order valence-electron chi connectivity index (χ3n) is 4.99. The summed E-state index contributed by atoms with van der Waals surface area (Å²) in [5.41, 5.74) is 2.76. The van der Waals surface area contributed by atoms with E-state index in [1.807, 2.05) is 55.5 Å². The summed E-state index contributed by atoms with van der Waals surface area (Å²) in [6.45, 7) is 5.03. The number of hydrogen-bond acceptors (Lipinski definition) is 6. The molecular weight excluding hydrogens is 394 g/mol. The van der Waals surface area contributed by atoms with Gasteiger partial charge in [-0.3, -0.25) is 9.48 Å². The molecule has 4 aromatic rings. The van der Waals surface area contributed by atoms with E-state index in [1.54, 1.807) is 17.8 Å². The Morgan fingerprint density at radius 1 is 1.13 bits per heavy atom. The van der Waals surface area contributed by atoms with Gasteiger partial charge in [-0.2, -0.15) is 5.10 Å². The lowest BCUT2D eigenvalue weighted by Gasteiger charge is -2.08. The normalized spacial score (nSPS) is 11.0. The number of esters is 1. The number of carbonyl (C=O) groups is 1. The van der Waals surface area contributed by atoms with E-state index in [-0.39, 0.29) is 12.4 Å². The molecule has 2 heterocycles. The van der Waals surface area contributed by atoms with Crippen LogP contribution in [0.15, 0.2) is 59.1 Å². The van der Waals surface area contributed by atoms with Gasteiger partial charge < -0.3 is 13.9 Å². The van der Waals surface area contributed by atoms with Crippen molar-refractivity contribution in [2.24, 2.45) is 0 Å². The molecule has 0 aliphatic rings. The second kappa shape index (κ2) is 9.47. The minimum absolute atomic E-state index is 0.226. The summed E-state index contributed by atoms with van der Waals surface area (Å²) in [6, 6.07) is 15.7. The lowest BCUT2D eigenvalue weighted by Crippen LogP contribution is -2.09. The van der Waals surface area contributed by atoms with E-state index in [0.29, 0.717) is 32.1 Å². The Bertz CT molecular complexity index is 1160. The van der Waals surface area contributed by atoms with E-state index in [9.17, 15) is 4.79 Å². The van der Waals surface area contributed by atoms with Crippen molar-refractivity contribution in [2.75, 3.05) is 13.2 Å². The zero-order valence-corrected chi connectivity index (χ0v) is 17.7. The molecule has 0 spiro atoms. The number of hydrogen-bond donors (Lipinski definition) is 0. The third-order valence-corrected chi connectivity index (χ3v) is 4.99. The van der Waals surface area contributed by atoms with Gasteiger partial charge in [0.15, 0.2) is 0 Å². The van der Waals surface area contributed by atoms with Gasteiger partial charge >= 0.3 is 5.97 Å². The largest absolute Gasteiger partial charge is 0.492 e. The van der Waals surface area contributed by atoms with Crippen LogP contribution in [0.25, 0.3) is 22.4 Å². The second-order valence-electron chi connectivity index (χ2n) is 7.10. The van der Waals surface area contributed by atoms with Crippen molar-refractivity contribution in [3.63, 3.8) is 0 Å². The molecule has 0 amide bonds. The number of ether oxygens (including phenoxy) is 2. The Hall–Kier alpha value is -3.61. The monoisotopic (exact) mass is 419 g/mol. The van der Waals surface area contributed by atoms with Gasteiger partial charge in [0.05, 0.1) is 49.0 Å². The van der Waals surface area contributed by atoms with E-state index in [1.165, 1.54) is 0 Å². The van der Waals surface area contributed by atoms with Crippen LogP contribution in [-0.4, -0.2) is 33.9 Å². The average Bonchev–Trinajstić information content (AvgIpc) is 3.37. The number of nitrogens with zero attached hydrogens (tertiary/aromatic N) is 3. The molecule has 0 unspecified atom stereocenters. The van der Waals surface area contributed by atoms with Crippen LogP contribution in [0, 0.1) is 6.92 Å². The number of aromatic nitrogens is 3. The Morgan fingerprint density at radius 3 is 2.77 bits per heavy atom. The molecule has 0 atom stereocenters. The van der Waals surface area contributed by atoms with Gasteiger partial charge in [0.25, 0.3) is 0 Å². The molecule has 0 saturated carbocycles. The highest BCUT2D eigenvalue weighted by molar-refractivity contribution is 5.85. The highest BCUT2D eigenvalue weighted by Crippen LogP contribution is 2.26. The Kier molecular flexibility index (Phi) is 6.31. The molecule has 0 aliphatic carbocycles. The predicted octanol–water partition coefficient (Wildman–Crippen LogP) is 4.57. The van der Waals surface area contributed by atoms with Crippen molar-refractivity contribution in [3.05, 3.63) is 66.2 Å². The lowest BCUT2D eigenvalue weighted by atomic mass is 10.2. The molecule has 31 heavy (non-hydrogen) atoms. The van der Waals surface area contributed by atoms with Crippen LogP contribution >= 0.6 is 0 Å². The molecule has 0 radical (unpaired) electrons.